The molecule has 0 bridgehead atoms. The average Bonchev–Trinajstić information content (AvgIpc) is 3.10. The molecule has 0 amide bonds. The molecule has 0 atom stereocenters. The third-order valence-corrected chi connectivity index (χ3v) is 5.36. The summed E-state index contributed by atoms with van der Waals surface area (Å²) in [7, 11) is -3.77. The number of nitrogens with zero attached hydrogens (tertiary/aromatic N) is 2. The molecule has 1 aromatic carbocycles. The molecule has 4 rings (SSSR count). The van der Waals surface area contributed by atoms with Gasteiger partial charge in [0, 0.05) is 12.3 Å². The second-order valence-electron chi connectivity index (χ2n) is 5.57. The lowest BCUT2D eigenvalue weighted by atomic mass is 10.3. The van der Waals surface area contributed by atoms with Crippen molar-refractivity contribution < 1.29 is 12.8 Å². The fraction of sp³-hybridized carbons (Fsp3) is 0.125. The number of fused-ring (bicyclic) bond motifs is 2. The van der Waals surface area contributed by atoms with Crippen molar-refractivity contribution in [1.82, 2.24) is 19.1 Å². The number of aromatic nitrogens is 3. The number of hydrogen-bond acceptors (Lipinski definition) is 5. The zero-order valence-electron chi connectivity index (χ0n) is 13.2. The maximum absolute atomic E-state index is 12.6. The topological polar surface area (TPSA) is 109 Å². The third kappa shape index (κ3) is 2.73. The molecule has 0 fully saturated rings. The zero-order valence-corrected chi connectivity index (χ0v) is 14.0. The quantitative estimate of drug-likeness (QED) is 0.575. The summed E-state index contributed by atoms with van der Waals surface area (Å²) < 4.78 is 34.4. The standard InChI is InChI=1S/C16H14N4O4S/c1-10-13(20-7-3-2-4-15(20)18-10)9-17-25(22,23)11-5-6-12-14(8-11)24-16(21)19-12/h2-8,17H,9H2,1H3,(H,19,21). The van der Waals surface area contributed by atoms with E-state index < -0.39 is 15.8 Å². The summed E-state index contributed by atoms with van der Waals surface area (Å²) >= 11 is 0. The second kappa shape index (κ2) is 5.57. The van der Waals surface area contributed by atoms with E-state index in [1.807, 2.05) is 35.7 Å². The maximum atomic E-state index is 12.6. The number of imidazole rings is 1. The average molecular weight is 358 g/mol. The molecule has 0 aliphatic carbocycles. The summed E-state index contributed by atoms with van der Waals surface area (Å²) in [6, 6.07) is 9.80. The molecule has 3 heterocycles. The fourth-order valence-corrected chi connectivity index (χ4v) is 3.72. The van der Waals surface area contributed by atoms with Crippen molar-refractivity contribution in [2.24, 2.45) is 0 Å². The predicted molar refractivity (Wildman–Crippen MR) is 90.8 cm³/mol. The number of nitrogens with one attached hydrogen (secondary N) is 2. The lowest BCUT2D eigenvalue weighted by Gasteiger charge is -2.07. The van der Waals surface area contributed by atoms with Crippen molar-refractivity contribution >= 4 is 26.8 Å². The Morgan fingerprint density at radius 2 is 2.12 bits per heavy atom. The van der Waals surface area contributed by atoms with Crippen LogP contribution in [0.5, 0.6) is 0 Å². The molecule has 3 aromatic heterocycles. The molecular formula is C16H14N4O4S. The molecule has 0 saturated carbocycles. The van der Waals surface area contributed by atoms with Crippen LogP contribution in [0, 0.1) is 6.92 Å². The van der Waals surface area contributed by atoms with Crippen LogP contribution >= 0.6 is 0 Å². The Morgan fingerprint density at radius 1 is 1.28 bits per heavy atom. The molecule has 128 valence electrons. The molecule has 0 spiro atoms. The highest BCUT2D eigenvalue weighted by Gasteiger charge is 2.17. The van der Waals surface area contributed by atoms with Crippen LogP contribution in [0.1, 0.15) is 11.4 Å². The molecule has 0 aliphatic rings. The lowest BCUT2D eigenvalue weighted by Crippen LogP contribution is -2.24. The van der Waals surface area contributed by atoms with E-state index in [9.17, 15) is 13.2 Å². The van der Waals surface area contributed by atoms with E-state index >= 15 is 0 Å². The van der Waals surface area contributed by atoms with Gasteiger partial charge in [-0.3, -0.25) is 4.98 Å². The van der Waals surface area contributed by atoms with Crippen LogP contribution < -0.4 is 10.5 Å². The van der Waals surface area contributed by atoms with Gasteiger partial charge in [0.05, 0.1) is 28.3 Å². The Bertz CT molecular complexity index is 1250. The molecule has 9 heteroatoms. The largest absolute Gasteiger partial charge is 0.417 e. The minimum Gasteiger partial charge on any atom is -0.408 e. The van der Waals surface area contributed by atoms with E-state index in [4.69, 9.17) is 4.42 Å². The van der Waals surface area contributed by atoms with Gasteiger partial charge in [0.25, 0.3) is 0 Å². The van der Waals surface area contributed by atoms with Gasteiger partial charge in [-0.2, -0.15) is 0 Å². The van der Waals surface area contributed by atoms with Gasteiger partial charge in [0.1, 0.15) is 5.65 Å². The minimum atomic E-state index is -3.77. The first-order valence-corrected chi connectivity index (χ1v) is 8.97. The number of rotatable bonds is 4. The Kier molecular flexibility index (Phi) is 3.48. The smallest absolute Gasteiger partial charge is 0.408 e. The summed E-state index contributed by atoms with van der Waals surface area (Å²) in [5.74, 6) is -0.626. The van der Waals surface area contributed by atoms with Gasteiger partial charge in [-0.05, 0) is 31.2 Å². The number of hydrogen-bond donors (Lipinski definition) is 2. The van der Waals surface area contributed by atoms with Crippen molar-refractivity contribution in [2.75, 3.05) is 0 Å². The normalized spacial score (nSPS) is 12.2. The van der Waals surface area contributed by atoms with E-state index in [1.54, 1.807) is 0 Å². The first-order chi connectivity index (χ1) is 11.9. The van der Waals surface area contributed by atoms with Crippen molar-refractivity contribution in [1.29, 1.82) is 0 Å². The molecule has 25 heavy (non-hydrogen) atoms. The highest BCUT2D eigenvalue weighted by atomic mass is 32.2. The van der Waals surface area contributed by atoms with E-state index in [-0.39, 0.29) is 17.0 Å². The molecule has 0 aliphatic heterocycles. The van der Waals surface area contributed by atoms with Crippen molar-refractivity contribution in [3.63, 3.8) is 0 Å². The van der Waals surface area contributed by atoms with E-state index in [0.717, 1.165) is 17.0 Å². The molecule has 0 radical (unpaired) electrons. The third-order valence-electron chi connectivity index (χ3n) is 3.96. The summed E-state index contributed by atoms with van der Waals surface area (Å²) in [6.45, 7) is 1.92. The maximum Gasteiger partial charge on any atom is 0.417 e. The van der Waals surface area contributed by atoms with Gasteiger partial charge in [0.2, 0.25) is 10.0 Å². The van der Waals surface area contributed by atoms with Crippen molar-refractivity contribution in [3.05, 3.63) is 64.5 Å². The van der Waals surface area contributed by atoms with E-state index in [2.05, 4.69) is 14.7 Å². The number of benzene rings is 1. The predicted octanol–water partition coefficient (Wildman–Crippen LogP) is 1.56. The highest BCUT2D eigenvalue weighted by Crippen LogP contribution is 2.18. The molecule has 0 saturated heterocycles. The Balaban J connectivity index is 1.66. The molecule has 4 aromatic rings. The van der Waals surface area contributed by atoms with Gasteiger partial charge in [-0.25, -0.2) is 22.9 Å². The molecule has 2 N–H and O–H groups in total. The fourth-order valence-electron chi connectivity index (χ4n) is 2.72. The number of oxazole rings is 1. The lowest BCUT2D eigenvalue weighted by molar-refractivity contribution is 0.553. The Labute approximate surface area is 142 Å². The summed E-state index contributed by atoms with van der Waals surface area (Å²) in [5, 5.41) is 0. The highest BCUT2D eigenvalue weighted by molar-refractivity contribution is 7.89. The number of sulfonamides is 1. The number of H-pyrrole nitrogens is 1. The Hall–Kier alpha value is -2.91. The van der Waals surface area contributed by atoms with Gasteiger partial charge in [-0.15, -0.1) is 0 Å². The van der Waals surface area contributed by atoms with Gasteiger partial charge in [0.15, 0.2) is 5.58 Å². The summed E-state index contributed by atoms with van der Waals surface area (Å²) in [5.41, 5.74) is 2.90. The summed E-state index contributed by atoms with van der Waals surface area (Å²) in [6.07, 6.45) is 1.83. The first kappa shape index (κ1) is 15.6. The SMILES string of the molecule is Cc1nc2ccccn2c1CNS(=O)(=O)c1ccc2[nH]c(=O)oc2c1. The van der Waals surface area contributed by atoms with Crippen molar-refractivity contribution in [3.8, 4) is 0 Å². The first-order valence-electron chi connectivity index (χ1n) is 7.49. The van der Waals surface area contributed by atoms with Crippen LogP contribution in [0.2, 0.25) is 0 Å². The molecule has 8 nitrogen and oxygen atoms in total. The van der Waals surface area contributed by atoms with Crippen molar-refractivity contribution in [2.45, 2.75) is 18.4 Å². The zero-order chi connectivity index (χ0) is 17.6. The van der Waals surface area contributed by atoms with Gasteiger partial charge in [-0.1, -0.05) is 6.07 Å². The molecular weight excluding hydrogens is 344 g/mol. The van der Waals surface area contributed by atoms with Crippen LogP contribution in [-0.4, -0.2) is 22.8 Å². The van der Waals surface area contributed by atoms with Crippen LogP contribution in [0.3, 0.4) is 0 Å². The monoisotopic (exact) mass is 358 g/mol. The van der Waals surface area contributed by atoms with Crippen LogP contribution in [0.25, 0.3) is 16.7 Å². The second-order valence-corrected chi connectivity index (χ2v) is 7.34. The van der Waals surface area contributed by atoms with E-state index in [1.165, 1.54) is 18.2 Å². The van der Waals surface area contributed by atoms with Crippen LogP contribution in [0.15, 0.2) is 56.7 Å². The van der Waals surface area contributed by atoms with E-state index in [0.29, 0.717) is 5.52 Å². The molecule has 0 unspecified atom stereocenters. The van der Waals surface area contributed by atoms with Gasteiger partial charge < -0.3 is 8.82 Å². The number of pyridine rings is 1. The summed E-state index contributed by atoms with van der Waals surface area (Å²) in [4.78, 5) is 18.1. The number of aromatic amines is 1. The number of aryl methyl sites for hydroxylation is 1. The Morgan fingerprint density at radius 3 is 2.96 bits per heavy atom. The minimum absolute atomic E-state index is 0.0224. The van der Waals surface area contributed by atoms with Gasteiger partial charge >= 0.3 is 5.76 Å². The van der Waals surface area contributed by atoms with Crippen LogP contribution in [0.4, 0.5) is 0 Å². The van der Waals surface area contributed by atoms with Crippen LogP contribution in [-0.2, 0) is 16.6 Å².